The SMILES string of the molecule is CC(C)(C)OC(=O)N1CC=C(c2ccns2)C1. The van der Waals surface area contributed by atoms with Gasteiger partial charge in [0.05, 0.1) is 11.4 Å². The zero-order valence-corrected chi connectivity index (χ0v) is 11.1. The van der Waals surface area contributed by atoms with Gasteiger partial charge in [0.25, 0.3) is 0 Å². The normalized spacial score (nSPS) is 15.9. The fourth-order valence-corrected chi connectivity index (χ4v) is 2.20. The molecule has 0 radical (unpaired) electrons. The van der Waals surface area contributed by atoms with E-state index in [-0.39, 0.29) is 6.09 Å². The molecular weight excluding hydrogens is 236 g/mol. The van der Waals surface area contributed by atoms with Gasteiger partial charge < -0.3 is 9.64 Å². The number of amides is 1. The third-order valence-corrected chi connectivity index (χ3v) is 3.15. The molecule has 0 bridgehead atoms. The molecule has 0 aliphatic carbocycles. The van der Waals surface area contributed by atoms with E-state index in [1.807, 2.05) is 26.8 Å². The largest absolute Gasteiger partial charge is 0.444 e. The molecule has 0 saturated heterocycles. The topological polar surface area (TPSA) is 42.4 Å². The van der Waals surface area contributed by atoms with Crippen molar-refractivity contribution in [1.82, 2.24) is 9.27 Å². The molecule has 0 saturated carbocycles. The van der Waals surface area contributed by atoms with Crippen LogP contribution in [0.3, 0.4) is 0 Å². The molecule has 0 spiro atoms. The molecule has 2 rings (SSSR count). The van der Waals surface area contributed by atoms with E-state index in [0.29, 0.717) is 13.1 Å². The van der Waals surface area contributed by atoms with Gasteiger partial charge in [0.15, 0.2) is 0 Å². The van der Waals surface area contributed by atoms with Crippen LogP contribution in [0, 0.1) is 0 Å². The Morgan fingerprint density at radius 3 is 2.88 bits per heavy atom. The maximum Gasteiger partial charge on any atom is 0.410 e. The van der Waals surface area contributed by atoms with Gasteiger partial charge in [-0.2, -0.15) is 0 Å². The molecule has 2 heterocycles. The van der Waals surface area contributed by atoms with Crippen LogP contribution in [0.1, 0.15) is 25.6 Å². The molecule has 1 aromatic rings. The van der Waals surface area contributed by atoms with E-state index in [4.69, 9.17) is 4.74 Å². The second kappa shape index (κ2) is 4.49. The second-order valence-corrected chi connectivity index (χ2v) is 5.80. The fraction of sp³-hybridized carbons (Fsp3) is 0.500. The number of hydrogen-bond acceptors (Lipinski definition) is 4. The predicted molar refractivity (Wildman–Crippen MR) is 67.9 cm³/mol. The van der Waals surface area contributed by atoms with Crippen LogP contribution in [0.5, 0.6) is 0 Å². The smallest absolute Gasteiger partial charge is 0.410 e. The van der Waals surface area contributed by atoms with Gasteiger partial charge in [0.1, 0.15) is 5.60 Å². The Kier molecular flexibility index (Phi) is 3.19. The summed E-state index contributed by atoms with van der Waals surface area (Å²) in [6, 6.07) is 1.97. The lowest BCUT2D eigenvalue weighted by molar-refractivity contribution is 0.0306. The van der Waals surface area contributed by atoms with Crippen LogP contribution in [0.25, 0.3) is 5.57 Å². The Balaban J connectivity index is 1.95. The third kappa shape index (κ3) is 3.06. The Morgan fingerprint density at radius 1 is 1.53 bits per heavy atom. The molecule has 5 heteroatoms. The number of rotatable bonds is 1. The molecule has 4 nitrogen and oxygen atoms in total. The van der Waals surface area contributed by atoms with Gasteiger partial charge in [-0.25, -0.2) is 9.17 Å². The minimum absolute atomic E-state index is 0.256. The predicted octanol–water partition coefficient (Wildman–Crippen LogP) is 2.78. The van der Waals surface area contributed by atoms with Crippen molar-refractivity contribution in [2.75, 3.05) is 13.1 Å². The fourth-order valence-electron chi connectivity index (χ4n) is 1.58. The van der Waals surface area contributed by atoms with Crippen molar-refractivity contribution >= 4 is 23.2 Å². The summed E-state index contributed by atoms with van der Waals surface area (Å²) in [4.78, 5) is 14.7. The van der Waals surface area contributed by atoms with Crippen LogP contribution in [0.15, 0.2) is 18.3 Å². The lowest BCUT2D eigenvalue weighted by Crippen LogP contribution is -2.35. The van der Waals surface area contributed by atoms with Crippen LogP contribution >= 0.6 is 11.5 Å². The van der Waals surface area contributed by atoms with Gasteiger partial charge >= 0.3 is 6.09 Å². The standard InChI is InChI=1S/C12H16N2O2S/c1-12(2,3)16-11(15)14-7-5-9(8-14)10-4-6-13-17-10/h4-6H,7-8H2,1-3H3. The first kappa shape index (κ1) is 12.1. The highest BCUT2D eigenvalue weighted by Gasteiger charge is 2.25. The summed E-state index contributed by atoms with van der Waals surface area (Å²) in [5, 5.41) is 0. The summed E-state index contributed by atoms with van der Waals surface area (Å²) in [6.07, 6.45) is 3.57. The summed E-state index contributed by atoms with van der Waals surface area (Å²) < 4.78 is 9.39. The molecule has 0 aromatic carbocycles. The molecule has 0 fully saturated rings. The van der Waals surface area contributed by atoms with Gasteiger partial charge in [0.2, 0.25) is 0 Å². The Morgan fingerprint density at radius 2 is 2.29 bits per heavy atom. The molecule has 0 atom stereocenters. The zero-order valence-electron chi connectivity index (χ0n) is 10.3. The van der Waals surface area contributed by atoms with Crippen molar-refractivity contribution in [3.05, 3.63) is 23.2 Å². The highest BCUT2D eigenvalue weighted by atomic mass is 32.1. The first-order valence-electron chi connectivity index (χ1n) is 5.54. The molecule has 1 amide bonds. The van der Waals surface area contributed by atoms with E-state index in [0.717, 1.165) is 10.5 Å². The number of aromatic nitrogens is 1. The first-order chi connectivity index (χ1) is 7.96. The highest BCUT2D eigenvalue weighted by molar-refractivity contribution is 7.07. The number of ether oxygens (including phenoxy) is 1. The molecule has 0 N–H and O–H groups in total. The van der Waals surface area contributed by atoms with Gasteiger partial charge in [-0.3, -0.25) is 0 Å². The van der Waals surface area contributed by atoms with Gasteiger partial charge in [0, 0.05) is 12.7 Å². The van der Waals surface area contributed by atoms with Crippen molar-refractivity contribution in [2.24, 2.45) is 0 Å². The summed E-state index contributed by atoms with van der Waals surface area (Å²) >= 11 is 1.45. The van der Waals surface area contributed by atoms with Crippen LogP contribution in [-0.2, 0) is 4.74 Å². The lowest BCUT2D eigenvalue weighted by Gasteiger charge is -2.24. The van der Waals surface area contributed by atoms with Crippen molar-refractivity contribution in [3.8, 4) is 0 Å². The highest BCUT2D eigenvalue weighted by Crippen LogP contribution is 2.24. The molecule has 1 aliphatic rings. The minimum atomic E-state index is -0.440. The van der Waals surface area contributed by atoms with E-state index in [1.54, 1.807) is 11.1 Å². The average Bonchev–Trinajstić information content (AvgIpc) is 2.86. The number of hydrogen-bond donors (Lipinski definition) is 0. The molecule has 17 heavy (non-hydrogen) atoms. The summed E-state index contributed by atoms with van der Waals surface area (Å²) in [5.41, 5.74) is 0.711. The Hall–Kier alpha value is -1.36. The van der Waals surface area contributed by atoms with E-state index in [1.165, 1.54) is 11.5 Å². The monoisotopic (exact) mass is 252 g/mol. The zero-order chi connectivity index (χ0) is 12.5. The maximum absolute atomic E-state index is 11.8. The van der Waals surface area contributed by atoms with E-state index in [2.05, 4.69) is 10.4 Å². The van der Waals surface area contributed by atoms with Crippen LogP contribution < -0.4 is 0 Å². The first-order valence-corrected chi connectivity index (χ1v) is 6.31. The number of nitrogens with zero attached hydrogens (tertiary/aromatic N) is 2. The number of carbonyl (C=O) groups is 1. The summed E-state index contributed by atoms with van der Waals surface area (Å²) in [6.45, 7) is 6.84. The maximum atomic E-state index is 11.8. The van der Waals surface area contributed by atoms with Crippen molar-refractivity contribution in [2.45, 2.75) is 26.4 Å². The molecule has 1 aliphatic heterocycles. The number of carbonyl (C=O) groups excluding carboxylic acids is 1. The molecular formula is C12H16N2O2S. The van der Waals surface area contributed by atoms with Crippen molar-refractivity contribution in [3.63, 3.8) is 0 Å². The average molecular weight is 252 g/mol. The third-order valence-electron chi connectivity index (χ3n) is 2.33. The van der Waals surface area contributed by atoms with Gasteiger partial charge in [-0.05, 0) is 43.9 Å². The summed E-state index contributed by atoms with van der Waals surface area (Å²) in [5.74, 6) is 0. The van der Waals surface area contributed by atoms with Crippen molar-refractivity contribution in [1.29, 1.82) is 0 Å². The molecule has 1 aromatic heterocycles. The van der Waals surface area contributed by atoms with Crippen LogP contribution in [0.4, 0.5) is 4.79 Å². The Bertz CT molecular complexity index is 432. The van der Waals surface area contributed by atoms with Gasteiger partial charge in [-0.1, -0.05) is 6.08 Å². The van der Waals surface area contributed by atoms with Crippen molar-refractivity contribution < 1.29 is 9.53 Å². The van der Waals surface area contributed by atoms with Crippen LogP contribution in [-0.4, -0.2) is 34.1 Å². The van der Waals surface area contributed by atoms with E-state index in [9.17, 15) is 4.79 Å². The quantitative estimate of drug-likeness (QED) is 0.772. The Labute approximate surface area is 105 Å². The molecule has 92 valence electrons. The lowest BCUT2D eigenvalue weighted by atomic mass is 10.2. The molecule has 0 unspecified atom stereocenters. The minimum Gasteiger partial charge on any atom is -0.444 e. The van der Waals surface area contributed by atoms with Crippen LogP contribution in [0.2, 0.25) is 0 Å². The second-order valence-electron chi connectivity index (χ2n) is 4.97. The van der Waals surface area contributed by atoms with Gasteiger partial charge in [-0.15, -0.1) is 0 Å². The van der Waals surface area contributed by atoms with E-state index >= 15 is 0 Å². The summed E-state index contributed by atoms with van der Waals surface area (Å²) in [7, 11) is 0. The van der Waals surface area contributed by atoms with E-state index < -0.39 is 5.60 Å².